The highest BCUT2D eigenvalue weighted by Crippen LogP contribution is 2.25. The predicted molar refractivity (Wildman–Crippen MR) is 84.7 cm³/mol. The summed E-state index contributed by atoms with van der Waals surface area (Å²) in [5, 5.41) is 0.440. The summed E-state index contributed by atoms with van der Waals surface area (Å²) in [7, 11) is 0. The van der Waals surface area contributed by atoms with Crippen molar-refractivity contribution in [2.75, 3.05) is 31.1 Å². The fourth-order valence-electron chi connectivity index (χ4n) is 2.17. The first kappa shape index (κ1) is 16.5. The van der Waals surface area contributed by atoms with E-state index in [1.54, 1.807) is 11.0 Å². The Morgan fingerprint density at radius 1 is 1.32 bits per heavy atom. The first-order valence-corrected chi connectivity index (χ1v) is 7.51. The van der Waals surface area contributed by atoms with Gasteiger partial charge in [-0.1, -0.05) is 11.6 Å². The van der Waals surface area contributed by atoms with Gasteiger partial charge in [0.2, 0.25) is 0 Å². The van der Waals surface area contributed by atoms with E-state index >= 15 is 0 Å². The van der Waals surface area contributed by atoms with E-state index in [0.717, 1.165) is 0 Å². The number of piperazine rings is 1. The number of halogens is 1. The SMILES string of the molecule is CC(C)(C)OC(=O)N1CCN(c2ncc(C=O)cc2Cl)CC1. The van der Waals surface area contributed by atoms with E-state index in [1.165, 1.54) is 6.20 Å². The van der Waals surface area contributed by atoms with Gasteiger partial charge in [0.05, 0.1) is 5.02 Å². The van der Waals surface area contributed by atoms with Gasteiger partial charge in [-0.3, -0.25) is 4.79 Å². The van der Waals surface area contributed by atoms with Crippen molar-refractivity contribution >= 4 is 29.8 Å². The number of ether oxygens (including phenoxy) is 1. The van der Waals surface area contributed by atoms with Crippen LogP contribution in [-0.4, -0.2) is 54.0 Å². The molecular weight excluding hydrogens is 306 g/mol. The monoisotopic (exact) mass is 325 g/mol. The van der Waals surface area contributed by atoms with E-state index in [1.807, 2.05) is 25.7 Å². The summed E-state index contributed by atoms with van der Waals surface area (Å²) in [5.41, 5.74) is -0.0508. The van der Waals surface area contributed by atoms with Gasteiger partial charge in [-0.15, -0.1) is 0 Å². The van der Waals surface area contributed by atoms with Crippen molar-refractivity contribution in [1.29, 1.82) is 0 Å². The molecule has 120 valence electrons. The molecule has 1 aromatic rings. The normalized spacial score (nSPS) is 15.6. The molecule has 22 heavy (non-hydrogen) atoms. The molecule has 0 spiro atoms. The van der Waals surface area contributed by atoms with Crippen molar-refractivity contribution in [3.63, 3.8) is 0 Å². The predicted octanol–water partition coefficient (Wildman–Crippen LogP) is 2.60. The topological polar surface area (TPSA) is 62.7 Å². The van der Waals surface area contributed by atoms with Gasteiger partial charge in [-0.25, -0.2) is 9.78 Å². The van der Waals surface area contributed by atoms with Crippen LogP contribution in [0.25, 0.3) is 0 Å². The van der Waals surface area contributed by atoms with Crippen LogP contribution >= 0.6 is 11.6 Å². The minimum absolute atomic E-state index is 0.303. The second kappa shape index (κ2) is 6.52. The third-order valence-electron chi connectivity index (χ3n) is 3.21. The molecule has 7 heteroatoms. The van der Waals surface area contributed by atoms with Crippen LogP contribution in [0.15, 0.2) is 12.3 Å². The molecule has 2 heterocycles. The molecule has 0 radical (unpaired) electrons. The van der Waals surface area contributed by atoms with Crippen LogP contribution in [-0.2, 0) is 4.74 Å². The summed E-state index contributed by atoms with van der Waals surface area (Å²) < 4.78 is 5.36. The summed E-state index contributed by atoms with van der Waals surface area (Å²) in [6.07, 6.45) is 1.90. The molecule has 1 amide bonds. The van der Waals surface area contributed by atoms with Gasteiger partial charge < -0.3 is 14.5 Å². The Bertz CT molecular complexity index is 564. The molecule has 0 N–H and O–H groups in total. The Labute approximate surface area is 135 Å². The van der Waals surface area contributed by atoms with E-state index in [2.05, 4.69) is 4.98 Å². The van der Waals surface area contributed by atoms with Gasteiger partial charge in [0.15, 0.2) is 6.29 Å². The fourth-order valence-corrected chi connectivity index (χ4v) is 2.46. The molecular formula is C15H20ClN3O3. The van der Waals surface area contributed by atoms with Crippen LogP contribution in [0, 0.1) is 0 Å². The van der Waals surface area contributed by atoms with Gasteiger partial charge >= 0.3 is 6.09 Å². The number of carbonyl (C=O) groups excluding carboxylic acids is 2. The zero-order valence-corrected chi connectivity index (χ0v) is 13.8. The molecule has 0 aromatic carbocycles. The Morgan fingerprint density at radius 2 is 1.95 bits per heavy atom. The smallest absolute Gasteiger partial charge is 0.410 e. The van der Waals surface area contributed by atoms with Crippen molar-refractivity contribution in [3.8, 4) is 0 Å². The van der Waals surface area contributed by atoms with Crippen molar-refractivity contribution < 1.29 is 14.3 Å². The van der Waals surface area contributed by atoms with Crippen LogP contribution in [0.5, 0.6) is 0 Å². The lowest BCUT2D eigenvalue weighted by molar-refractivity contribution is 0.0240. The highest BCUT2D eigenvalue weighted by atomic mass is 35.5. The number of aromatic nitrogens is 1. The Morgan fingerprint density at radius 3 is 2.45 bits per heavy atom. The molecule has 0 atom stereocenters. The van der Waals surface area contributed by atoms with Gasteiger partial charge in [0.25, 0.3) is 0 Å². The summed E-state index contributed by atoms with van der Waals surface area (Å²) in [4.78, 5) is 30.6. The molecule has 1 fully saturated rings. The maximum Gasteiger partial charge on any atom is 0.410 e. The van der Waals surface area contributed by atoms with Crippen LogP contribution < -0.4 is 4.90 Å². The number of carbonyl (C=O) groups is 2. The molecule has 1 aliphatic rings. The minimum atomic E-state index is -0.496. The molecule has 0 aliphatic carbocycles. The zero-order valence-electron chi connectivity index (χ0n) is 13.0. The lowest BCUT2D eigenvalue weighted by Crippen LogP contribution is -2.50. The highest BCUT2D eigenvalue weighted by molar-refractivity contribution is 6.33. The molecule has 1 aliphatic heterocycles. The van der Waals surface area contributed by atoms with E-state index in [-0.39, 0.29) is 6.09 Å². The standard InChI is InChI=1S/C15H20ClN3O3/c1-15(2,3)22-14(21)19-6-4-18(5-7-19)13-12(16)8-11(10-20)9-17-13/h8-10H,4-7H2,1-3H3. The summed E-state index contributed by atoms with van der Waals surface area (Å²) in [6, 6.07) is 1.59. The number of hydrogen-bond donors (Lipinski definition) is 0. The number of nitrogens with zero attached hydrogens (tertiary/aromatic N) is 3. The molecule has 0 saturated carbocycles. The van der Waals surface area contributed by atoms with Gasteiger partial charge in [-0.05, 0) is 26.8 Å². The van der Waals surface area contributed by atoms with Crippen molar-refractivity contribution in [2.24, 2.45) is 0 Å². The zero-order chi connectivity index (χ0) is 16.3. The number of aldehydes is 1. The highest BCUT2D eigenvalue weighted by Gasteiger charge is 2.27. The first-order valence-electron chi connectivity index (χ1n) is 7.14. The molecule has 0 bridgehead atoms. The summed E-state index contributed by atoms with van der Waals surface area (Å²) >= 11 is 6.16. The first-order chi connectivity index (χ1) is 10.3. The van der Waals surface area contributed by atoms with Gasteiger partial charge in [0.1, 0.15) is 11.4 Å². The van der Waals surface area contributed by atoms with Crippen LogP contribution in [0.3, 0.4) is 0 Å². The van der Waals surface area contributed by atoms with Gasteiger partial charge in [0, 0.05) is 37.9 Å². The second-order valence-electron chi connectivity index (χ2n) is 6.15. The van der Waals surface area contributed by atoms with Crippen LogP contribution in [0.2, 0.25) is 5.02 Å². The van der Waals surface area contributed by atoms with Crippen LogP contribution in [0.1, 0.15) is 31.1 Å². The molecule has 0 unspecified atom stereocenters. The van der Waals surface area contributed by atoms with Crippen molar-refractivity contribution in [1.82, 2.24) is 9.88 Å². The quantitative estimate of drug-likeness (QED) is 0.782. The average Bonchev–Trinajstić information content (AvgIpc) is 2.45. The number of amides is 1. The van der Waals surface area contributed by atoms with Gasteiger partial charge in [-0.2, -0.15) is 0 Å². The van der Waals surface area contributed by atoms with Crippen molar-refractivity contribution in [2.45, 2.75) is 26.4 Å². The Kier molecular flexibility index (Phi) is 4.90. The third-order valence-corrected chi connectivity index (χ3v) is 3.49. The number of pyridine rings is 1. The maximum atomic E-state index is 12.0. The third kappa shape index (κ3) is 4.10. The largest absolute Gasteiger partial charge is 0.444 e. The van der Waals surface area contributed by atoms with Crippen LogP contribution in [0.4, 0.5) is 10.6 Å². The molecule has 1 saturated heterocycles. The second-order valence-corrected chi connectivity index (χ2v) is 6.55. The minimum Gasteiger partial charge on any atom is -0.444 e. The summed E-state index contributed by atoms with van der Waals surface area (Å²) in [5.74, 6) is 0.635. The number of hydrogen-bond acceptors (Lipinski definition) is 5. The maximum absolute atomic E-state index is 12.0. The van der Waals surface area contributed by atoms with E-state index in [4.69, 9.17) is 16.3 Å². The molecule has 2 rings (SSSR count). The molecule has 6 nitrogen and oxygen atoms in total. The Balaban J connectivity index is 1.97. The Hall–Kier alpha value is -1.82. The number of anilines is 1. The number of rotatable bonds is 2. The van der Waals surface area contributed by atoms with E-state index in [9.17, 15) is 9.59 Å². The average molecular weight is 326 g/mol. The molecule has 1 aromatic heterocycles. The van der Waals surface area contributed by atoms with E-state index < -0.39 is 5.60 Å². The van der Waals surface area contributed by atoms with Crippen molar-refractivity contribution in [3.05, 3.63) is 22.8 Å². The lowest BCUT2D eigenvalue weighted by Gasteiger charge is -2.36. The summed E-state index contributed by atoms with van der Waals surface area (Å²) in [6.45, 7) is 7.86. The fraction of sp³-hybridized carbons (Fsp3) is 0.533. The van der Waals surface area contributed by atoms with E-state index in [0.29, 0.717) is 48.9 Å². The lowest BCUT2D eigenvalue weighted by atomic mass is 10.2.